The third-order valence-corrected chi connectivity index (χ3v) is 1.81. The number of nitrogens with zero attached hydrogens (tertiary/aromatic N) is 3. The van der Waals surface area contributed by atoms with Crippen LogP contribution in [0.4, 0.5) is 0 Å². The molecule has 0 radical (unpaired) electrons. The van der Waals surface area contributed by atoms with Crippen LogP contribution in [0.15, 0.2) is 6.33 Å². The molecule has 16 heavy (non-hydrogen) atoms. The molecule has 0 aliphatic heterocycles. The molecule has 0 unspecified atom stereocenters. The average molecular weight is 226 g/mol. The van der Waals surface area contributed by atoms with Gasteiger partial charge in [0.25, 0.3) is 0 Å². The van der Waals surface area contributed by atoms with Crippen LogP contribution in [0.25, 0.3) is 0 Å². The van der Waals surface area contributed by atoms with Gasteiger partial charge in [-0.25, -0.2) is 4.98 Å². The van der Waals surface area contributed by atoms with Gasteiger partial charge in [0.05, 0.1) is 12.6 Å². The van der Waals surface area contributed by atoms with Gasteiger partial charge in [-0.2, -0.15) is 5.10 Å². The Bertz CT molecular complexity index is 335. The van der Waals surface area contributed by atoms with E-state index in [0.717, 1.165) is 5.82 Å². The molecule has 1 aromatic heterocycles. The fourth-order valence-corrected chi connectivity index (χ4v) is 1.19. The van der Waals surface area contributed by atoms with Gasteiger partial charge < -0.3 is 10.1 Å². The summed E-state index contributed by atoms with van der Waals surface area (Å²) in [4.78, 5) is 15.2. The highest BCUT2D eigenvalue weighted by Crippen LogP contribution is 1.89. The number of hydrogen-bond donors (Lipinski definition) is 1. The van der Waals surface area contributed by atoms with Crippen molar-refractivity contribution in [1.82, 2.24) is 20.1 Å². The first-order chi connectivity index (χ1) is 7.58. The van der Waals surface area contributed by atoms with Gasteiger partial charge in [0.2, 0.25) is 0 Å². The number of aryl methyl sites for hydroxylation is 1. The largest absolute Gasteiger partial charge is 0.462 e. The van der Waals surface area contributed by atoms with Crippen LogP contribution in [0.1, 0.15) is 19.7 Å². The maximum absolute atomic E-state index is 11.1. The van der Waals surface area contributed by atoms with Crippen LogP contribution >= 0.6 is 0 Å². The van der Waals surface area contributed by atoms with E-state index in [1.54, 1.807) is 11.0 Å². The fourth-order valence-electron chi connectivity index (χ4n) is 1.19. The van der Waals surface area contributed by atoms with Crippen LogP contribution < -0.4 is 5.32 Å². The third-order valence-electron chi connectivity index (χ3n) is 1.81. The van der Waals surface area contributed by atoms with Gasteiger partial charge >= 0.3 is 5.97 Å². The summed E-state index contributed by atoms with van der Waals surface area (Å²) >= 11 is 0. The quantitative estimate of drug-likeness (QED) is 0.542. The van der Waals surface area contributed by atoms with Gasteiger partial charge in [0, 0.05) is 20.0 Å². The lowest BCUT2D eigenvalue weighted by molar-refractivity contribution is -0.146. The zero-order valence-electron chi connectivity index (χ0n) is 9.93. The highest BCUT2D eigenvalue weighted by atomic mass is 16.5. The van der Waals surface area contributed by atoms with E-state index in [1.165, 1.54) is 0 Å². The first kappa shape index (κ1) is 12.6. The Morgan fingerprint density at radius 3 is 2.94 bits per heavy atom. The van der Waals surface area contributed by atoms with Crippen molar-refractivity contribution in [1.29, 1.82) is 0 Å². The van der Waals surface area contributed by atoms with Crippen LogP contribution in [0.5, 0.6) is 0 Å². The molecule has 0 spiro atoms. The molecule has 0 bridgehead atoms. The van der Waals surface area contributed by atoms with E-state index in [-0.39, 0.29) is 18.6 Å². The first-order valence-corrected chi connectivity index (χ1v) is 5.32. The molecule has 0 aromatic carbocycles. The Kier molecular flexibility index (Phi) is 4.91. The lowest BCUT2D eigenvalue weighted by Crippen LogP contribution is -2.28. The molecular formula is C10H18N4O2. The predicted molar refractivity (Wildman–Crippen MR) is 58.8 cm³/mol. The minimum atomic E-state index is -0.232. The molecule has 0 fully saturated rings. The summed E-state index contributed by atoms with van der Waals surface area (Å²) in [6.07, 6.45) is 2.30. The summed E-state index contributed by atoms with van der Waals surface area (Å²) in [5, 5.41) is 7.11. The molecule has 1 rings (SSSR count). The van der Waals surface area contributed by atoms with Gasteiger partial charge in [-0.1, -0.05) is 0 Å². The first-order valence-electron chi connectivity index (χ1n) is 5.32. The summed E-state index contributed by atoms with van der Waals surface area (Å²) in [7, 11) is 1.82. The smallest absolute Gasteiger partial charge is 0.320 e. The molecule has 6 heteroatoms. The Morgan fingerprint density at radius 1 is 1.62 bits per heavy atom. The minimum Gasteiger partial charge on any atom is -0.462 e. The molecule has 0 saturated carbocycles. The maximum atomic E-state index is 11.1. The Hall–Kier alpha value is -1.43. The number of aromatic nitrogens is 3. The van der Waals surface area contributed by atoms with Crippen molar-refractivity contribution in [3.8, 4) is 0 Å². The normalized spacial score (nSPS) is 10.8. The monoisotopic (exact) mass is 226 g/mol. The highest BCUT2D eigenvalue weighted by Gasteiger charge is 2.04. The average Bonchev–Trinajstić information content (AvgIpc) is 2.58. The molecule has 0 saturated heterocycles. The van der Waals surface area contributed by atoms with Crippen molar-refractivity contribution in [2.75, 3.05) is 13.1 Å². The van der Waals surface area contributed by atoms with E-state index < -0.39 is 0 Å². The zero-order valence-corrected chi connectivity index (χ0v) is 9.93. The lowest BCUT2D eigenvalue weighted by Gasteiger charge is -2.07. The number of esters is 1. The van der Waals surface area contributed by atoms with Gasteiger partial charge in [-0.3, -0.25) is 9.48 Å². The summed E-state index contributed by atoms with van der Waals surface area (Å²) in [5.74, 6) is 0.538. The van der Waals surface area contributed by atoms with Crippen molar-refractivity contribution in [2.45, 2.75) is 26.4 Å². The van der Waals surface area contributed by atoms with Gasteiger partial charge in [0.1, 0.15) is 6.33 Å². The highest BCUT2D eigenvalue weighted by molar-refractivity contribution is 5.71. The predicted octanol–water partition coefficient (Wildman–Crippen LogP) is -0.101. The molecule has 90 valence electrons. The summed E-state index contributed by atoms with van der Waals surface area (Å²) in [6, 6.07) is 0. The Labute approximate surface area is 95.0 Å². The van der Waals surface area contributed by atoms with Crippen LogP contribution in [-0.4, -0.2) is 39.9 Å². The lowest BCUT2D eigenvalue weighted by atomic mass is 10.4. The molecule has 0 atom stereocenters. The SMILES string of the molecule is CC(C)OC(=O)CNCCc1ncn(C)n1. The Morgan fingerprint density at radius 2 is 2.38 bits per heavy atom. The van der Waals surface area contributed by atoms with E-state index in [2.05, 4.69) is 15.4 Å². The van der Waals surface area contributed by atoms with Crippen molar-refractivity contribution in [3.63, 3.8) is 0 Å². The van der Waals surface area contributed by atoms with Crippen LogP contribution in [0.3, 0.4) is 0 Å². The van der Waals surface area contributed by atoms with Crippen molar-refractivity contribution < 1.29 is 9.53 Å². The minimum absolute atomic E-state index is 0.0632. The van der Waals surface area contributed by atoms with Gasteiger partial charge in [-0.15, -0.1) is 0 Å². The van der Waals surface area contributed by atoms with E-state index >= 15 is 0 Å². The molecule has 1 aromatic rings. The second-order valence-electron chi connectivity index (χ2n) is 3.80. The van der Waals surface area contributed by atoms with E-state index in [4.69, 9.17) is 4.74 Å². The van der Waals surface area contributed by atoms with Crippen LogP contribution in [0, 0.1) is 0 Å². The molecular weight excluding hydrogens is 208 g/mol. The van der Waals surface area contributed by atoms with Crippen molar-refractivity contribution in [2.24, 2.45) is 7.05 Å². The van der Waals surface area contributed by atoms with Crippen LogP contribution in [-0.2, 0) is 23.0 Å². The standard InChI is InChI=1S/C10H18N4O2/c1-8(2)16-10(15)6-11-5-4-9-12-7-14(3)13-9/h7-8,11H,4-6H2,1-3H3. The van der Waals surface area contributed by atoms with Gasteiger partial charge in [-0.05, 0) is 13.8 Å². The third kappa shape index (κ3) is 4.88. The molecule has 0 amide bonds. The Balaban J connectivity index is 2.10. The topological polar surface area (TPSA) is 69.0 Å². The van der Waals surface area contributed by atoms with E-state index in [0.29, 0.717) is 13.0 Å². The number of carbonyl (C=O) groups excluding carboxylic acids is 1. The number of nitrogens with one attached hydrogen (secondary N) is 1. The van der Waals surface area contributed by atoms with Crippen molar-refractivity contribution in [3.05, 3.63) is 12.2 Å². The fraction of sp³-hybridized carbons (Fsp3) is 0.700. The summed E-state index contributed by atoms with van der Waals surface area (Å²) in [6.45, 7) is 4.55. The molecule has 1 N–H and O–H groups in total. The molecule has 0 aliphatic carbocycles. The second-order valence-corrected chi connectivity index (χ2v) is 3.80. The maximum Gasteiger partial charge on any atom is 0.320 e. The van der Waals surface area contributed by atoms with Gasteiger partial charge in [0.15, 0.2) is 5.82 Å². The second kappa shape index (κ2) is 6.22. The van der Waals surface area contributed by atoms with Crippen LogP contribution in [0.2, 0.25) is 0 Å². The van der Waals surface area contributed by atoms with E-state index in [9.17, 15) is 4.79 Å². The van der Waals surface area contributed by atoms with E-state index in [1.807, 2.05) is 20.9 Å². The molecule has 0 aliphatic rings. The number of rotatable bonds is 6. The number of carbonyl (C=O) groups is 1. The van der Waals surface area contributed by atoms with Crippen molar-refractivity contribution >= 4 is 5.97 Å². The molecule has 1 heterocycles. The zero-order chi connectivity index (χ0) is 12.0. The summed E-state index contributed by atoms with van der Waals surface area (Å²) < 4.78 is 6.62. The number of hydrogen-bond acceptors (Lipinski definition) is 5. The number of ether oxygens (including phenoxy) is 1. The summed E-state index contributed by atoms with van der Waals surface area (Å²) in [5.41, 5.74) is 0. The molecule has 6 nitrogen and oxygen atoms in total.